The molecule has 0 aromatic carbocycles. The SMILES string of the molecule is CCCCCCCCCCCCCCCCCC1OCC(COC(=O)N(Cc2cccc[n+]2CC)C(C)=O)O1.[I-]. The van der Waals surface area contributed by atoms with Crippen molar-refractivity contribution in [1.29, 1.82) is 0 Å². The molecule has 2 unspecified atom stereocenters. The third-order valence-electron chi connectivity index (χ3n) is 7.54. The van der Waals surface area contributed by atoms with Crippen molar-refractivity contribution in [3.8, 4) is 0 Å². The van der Waals surface area contributed by atoms with E-state index in [0.717, 1.165) is 30.0 Å². The first-order valence-corrected chi connectivity index (χ1v) is 15.7. The Morgan fingerprint density at radius 3 is 2.02 bits per heavy atom. The molecule has 2 amide bonds. The predicted octanol–water partition coefficient (Wildman–Crippen LogP) is 4.49. The maximum absolute atomic E-state index is 12.6. The van der Waals surface area contributed by atoms with E-state index in [1.54, 1.807) is 0 Å². The Labute approximate surface area is 260 Å². The van der Waals surface area contributed by atoms with Gasteiger partial charge in [0.05, 0.1) is 6.61 Å². The summed E-state index contributed by atoms with van der Waals surface area (Å²) in [5, 5.41) is 0. The van der Waals surface area contributed by atoms with Crippen LogP contribution in [0.5, 0.6) is 0 Å². The van der Waals surface area contributed by atoms with Gasteiger partial charge in [-0.15, -0.1) is 0 Å². The van der Waals surface area contributed by atoms with Crippen molar-refractivity contribution in [3.63, 3.8) is 0 Å². The van der Waals surface area contributed by atoms with Gasteiger partial charge in [0, 0.05) is 19.1 Å². The molecule has 8 heteroatoms. The first-order chi connectivity index (χ1) is 19.0. The number of carbonyl (C=O) groups excluding carboxylic acids is 2. The Bertz CT molecular complexity index is 809. The molecule has 2 atom stereocenters. The number of pyridine rings is 1. The minimum absolute atomic E-state index is 0. The number of hydrogen-bond acceptors (Lipinski definition) is 5. The molecule has 1 saturated heterocycles. The van der Waals surface area contributed by atoms with Crippen LogP contribution < -0.4 is 28.5 Å². The lowest BCUT2D eigenvalue weighted by Gasteiger charge is -2.19. The molecule has 1 aliphatic heterocycles. The van der Waals surface area contributed by atoms with Gasteiger partial charge >= 0.3 is 6.09 Å². The highest BCUT2D eigenvalue weighted by Crippen LogP contribution is 2.19. The van der Waals surface area contributed by atoms with Crippen LogP contribution in [-0.4, -0.2) is 42.5 Å². The topological polar surface area (TPSA) is 69.0 Å². The zero-order valence-electron chi connectivity index (χ0n) is 25.4. The number of nitrogens with zero attached hydrogens (tertiary/aromatic N) is 2. The fraction of sp³-hybridized carbons (Fsp3) is 0.781. The number of imide groups is 1. The molecule has 7 nitrogen and oxygen atoms in total. The van der Waals surface area contributed by atoms with Gasteiger partial charge in [0.1, 0.15) is 25.8 Å². The summed E-state index contributed by atoms with van der Waals surface area (Å²) >= 11 is 0. The number of unbranched alkanes of at least 4 members (excludes halogenated alkanes) is 14. The molecule has 230 valence electrons. The van der Waals surface area contributed by atoms with Gasteiger partial charge in [-0.05, 0) is 19.8 Å². The van der Waals surface area contributed by atoms with Crippen LogP contribution in [0.15, 0.2) is 24.4 Å². The quantitative estimate of drug-likeness (QED) is 0.109. The molecular formula is C32H55IN2O5. The summed E-state index contributed by atoms with van der Waals surface area (Å²) in [7, 11) is 0. The third kappa shape index (κ3) is 15.7. The number of amides is 2. The van der Waals surface area contributed by atoms with Crippen molar-refractivity contribution in [1.82, 2.24) is 4.90 Å². The minimum Gasteiger partial charge on any atom is -1.00 e. The number of aryl methyl sites for hydroxylation is 1. The largest absolute Gasteiger partial charge is 1.00 e. The molecule has 40 heavy (non-hydrogen) atoms. The van der Waals surface area contributed by atoms with Crippen LogP contribution in [0.2, 0.25) is 0 Å². The van der Waals surface area contributed by atoms with Crippen molar-refractivity contribution in [3.05, 3.63) is 30.1 Å². The summed E-state index contributed by atoms with van der Waals surface area (Å²) < 4.78 is 19.1. The second kappa shape index (κ2) is 23.3. The highest BCUT2D eigenvalue weighted by molar-refractivity contribution is 5.90. The highest BCUT2D eigenvalue weighted by atomic mass is 127. The van der Waals surface area contributed by atoms with Gasteiger partial charge in [-0.25, -0.2) is 14.3 Å². The lowest BCUT2D eigenvalue weighted by molar-refractivity contribution is -0.701. The molecule has 1 aromatic rings. The maximum atomic E-state index is 12.6. The zero-order valence-corrected chi connectivity index (χ0v) is 27.6. The van der Waals surface area contributed by atoms with Crippen molar-refractivity contribution in [2.45, 2.75) is 149 Å². The molecule has 1 aliphatic rings. The Hall–Kier alpha value is -1.26. The lowest BCUT2D eigenvalue weighted by Crippen LogP contribution is -3.00. The number of carbonyl (C=O) groups is 2. The van der Waals surface area contributed by atoms with E-state index in [2.05, 4.69) is 6.92 Å². The standard InChI is InChI=1S/C32H55N2O5.HI/c1-4-6-7-8-9-10-11-12-13-14-15-16-17-18-19-23-31-37-26-30(39-31)27-38-32(36)34(28(3)35)25-29-22-20-21-24-33(29)5-2;/h20-22,24,30-31H,4-19,23,25-27H2,1-3H3;1H/q+1;/p-1. The Balaban J connectivity index is 0.00000800. The van der Waals surface area contributed by atoms with E-state index in [1.165, 1.54) is 96.8 Å². The van der Waals surface area contributed by atoms with E-state index >= 15 is 0 Å². The molecule has 0 radical (unpaired) electrons. The Morgan fingerprint density at radius 1 is 0.900 bits per heavy atom. The second-order valence-corrected chi connectivity index (χ2v) is 10.9. The van der Waals surface area contributed by atoms with Crippen molar-refractivity contribution >= 4 is 12.0 Å². The average molecular weight is 675 g/mol. The lowest BCUT2D eigenvalue weighted by atomic mass is 10.0. The molecule has 0 spiro atoms. The predicted molar refractivity (Wildman–Crippen MR) is 154 cm³/mol. The molecule has 0 aliphatic carbocycles. The molecule has 1 aromatic heterocycles. The first kappa shape index (κ1) is 36.8. The van der Waals surface area contributed by atoms with Crippen LogP contribution in [0.25, 0.3) is 0 Å². The summed E-state index contributed by atoms with van der Waals surface area (Å²) in [6.45, 7) is 7.09. The van der Waals surface area contributed by atoms with Crippen LogP contribution in [0.1, 0.15) is 129 Å². The highest BCUT2D eigenvalue weighted by Gasteiger charge is 2.29. The van der Waals surface area contributed by atoms with Crippen molar-refractivity contribution < 1.29 is 52.3 Å². The first-order valence-electron chi connectivity index (χ1n) is 15.7. The van der Waals surface area contributed by atoms with Crippen LogP contribution in [-0.2, 0) is 32.1 Å². The molecule has 0 N–H and O–H groups in total. The van der Waals surface area contributed by atoms with E-state index in [1.807, 2.05) is 35.9 Å². The smallest absolute Gasteiger partial charge is 0.417 e. The summed E-state index contributed by atoms with van der Waals surface area (Å²) in [5.74, 6) is -0.346. The summed E-state index contributed by atoms with van der Waals surface area (Å²) in [6.07, 6.45) is 21.8. The van der Waals surface area contributed by atoms with E-state index in [-0.39, 0.29) is 55.4 Å². The van der Waals surface area contributed by atoms with Gasteiger partial charge in [0.25, 0.3) is 0 Å². The molecule has 2 rings (SSSR count). The van der Waals surface area contributed by atoms with Crippen LogP contribution >= 0.6 is 0 Å². The number of hydrogen-bond donors (Lipinski definition) is 0. The van der Waals surface area contributed by atoms with Gasteiger partial charge in [-0.3, -0.25) is 4.79 Å². The number of halogens is 1. The fourth-order valence-electron chi connectivity index (χ4n) is 5.10. The van der Waals surface area contributed by atoms with Gasteiger partial charge in [0.15, 0.2) is 12.5 Å². The van der Waals surface area contributed by atoms with Gasteiger partial charge in [-0.1, -0.05) is 103 Å². The van der Waals surface area contributed by atoms with Crippen molar-refractivity contribution in [2.24, 2.45) is 0 Å². The summed E-state index contributed by atoms with van der Waals surface area (Å²) in [6, 6.07) is 5.73. The fourth-order valence-corrected chi connectivity index (χ4v) is 5.10. The molecular weight excluding hydrogens is 619 g/mol. The third-order valence-corrected chi connectivity index (χ3v) is 7.54. The molecule has 0 saturated carbocycles. The normalized spacial score (nSPS) is 16.5. The summed E-state index contributed by atoms with van der Waals surface area (Å²) in [5.41, 5.74) is 0.871. The number of rotatable bonds is 21. The van der Waals surface area contributed by atoms with E-state index in [4.69, 9.17) is 14.2 Å². The Kier molecular flexibility index (Phi) is 21.4. The minimum atomic E-state index is -0.650. The number of ether oxygens (including phenoxy) is 3. The molecule has 1 fully saturated rings. The average Bonchev–Trinajstić information content (AvgIpc) is 3.40. The van der Waals surface area contributed by atoms with E-state index in [0.29, 0.717) is 6.61 Å². The monoisotopic (exact) mass is 674 g/mol. The zero-order chi connectivity index (χ0) is 28.1. The van der Waals surface area contributed by atoms with Gasteiger partial charge in [-0.2, -0.15) is 0 Å². The second-order valence-electron chi connectivity index (χ2n) is 10.9. The van der Waals surface area contributed by atoms with Crippen LogP contribution in [0, 0.1) is 0 Å². The molecule has 0 bridgehead atoms. The maximum Gasteiger partial charge on any atom is 0.417 e. The van der Waals surface area contributed by atoms with Gasteiger partial charge in [0.2, 0.25) is 11.6 Å². The van der Waals surface area contributed by atoms with Crippen LogP contribution in [0.3, 0.4) is 0 Å². The summed E-state index contributed by atoms with van der Waals surface area (Å²) in [4.78, 5) is 25.9. The van der Waals surface area contributed by atoms with Crippen molar-refractivity contribution in [2.75, 3.05) is 13.2 Å². The van der Waals surface area contributed by atoms with E-state index < -0.39 is 6.09 Å². The molecule has 2 heterocycles. The van der Waals surface area contributed by atoms with Crippen LogP contribution in [0.4, 0.5) is 4.79 Å². The van der Waals surface area contributed by atoms with Gasteiger partial charge < -0.3 is 38.2 Å². The Morgan fingerprint density at radius 2 is 1.48 bits per heavy atom. The van der Waals surface area contributed by atoms with E-state index in [9.17, 15) is 9.59 Å². The number of aromatic nitrogens is 1.